The molecule has 19 heavy (non-hydrogen) atoms. The summed E-state index contributed by atoms with van der Waals surface area (Å²) in [5.74, 6) is 0.304. The molecule has 1 aromatic heterocycles. The minimum Gasteiger partial charge on any atom is -0.466 e. The molecule has 0 atom stereocenters. The fourth-order valence-electron chi connectivity index (χ4n) is 1.37. The van der Waals surface area contributed by atoms with Crippen molar-refractivity contribution in [3.05, 3.63) is 19.5 Å². The van der Waals surface area contributed by atoms with E-state index in [-0.39, 0.29) is 10.1 Å². The monoisotopic (exact) mass is 297 g/mol. The summed E-state index contributed by atoms with van der Waals surface area (Å²) < 4.78 is 5.38. The molecule has 2 heterocycles. The molecule has 0 radical (unpaired) electrons. The van der Waals surface area contributed by atoms with Gasteiger partial charge in [0.15, 0.2) is 0 Å². The van der Waals surface area contributed by atoms with Crippen molar-refractivity contribution >= 4 is 52.2 Å². The molecule has 2 rings (SSSR count). The predicted octanol–water partition coefficient (Wildman–Crippen LogP) is -0.308. The third-order valence-electron chi connectivity index (χ3n) is 2.17. The number of aromatic amines is 1. The SMILES string of the molecule is CCSC1=NC=N/C1=c1\[nH]c(=O)/c(=C\C(=O)OC)s1. The van der Waals surface area contributed by atoms with Gasteiger partial charge in [-0.05, 0) is 5.75 Å². The van der Waals surface area contributed by atoms with Gasteiger partial charge < -0.3 is 9.72 Å². The molecule has 1 aromatic rings. The van der Waals surface area contributed by atoms with E-state index in [1.54, 1.807) is 11.8 Å². The van der Waals surface area contributed by atoms with E-state index in [0.717, 1.165) is 28.2 Å². The lowest BCUT2D eigenvalue weighted by Crippen LogP contribution is -2.21. The van der Waals surface area contributed by atoms with E-state index < -0.39 is 5.97 Å². The number of esters is 1. The number of nitrogens with one attached hydrogen (secondary N) is 1. The third-order valence-corrected chi connectivity index (χ3v) is 4.06. The number of hydrogen-bond acceptors (Lipinski definition) is 7. The fourth-order valence-corrected chi connectivity index (χ4v) is 3.03. The van der Waals surface area contributed by atoms with Crippen LogP contribution in [-0.2, 0) is 9.53 Å². The van der Waals surface area contributed by atoms with Crippen LogP contribution in [0.3, 0.4) is 0 Å². The minimum atomic E-state index is -0.560. The van der Waals surface area contributed by atoms with Gasteiger partial charge in [0, 0.05) is 6.08 Å². The molecule has 0 aromatic carbocycles. The van der Waals surface area contributed by atoms with Gasteiger partial charge in [0.05, 0.1) is 7.11 Å². The molecule has 6 nitrogen and oxygen atoms in total. The predicted molar refractivity (Wildman–Crippen MR) is 78.1 cm³/mol. The van der Waals surface area contributed by atoms with E-state index in [2.05, 4.69) is 19.7 Å². The molecule has 0 amide bonds. The molecule has 0 spiro atoms. The largest absolute Gasteiger partial charge is 0.466 e. The van der Waals surface area contributed by atoms with Gasteiger partial charge in [-0.25, -0.2) is 14.8 Å². The molecule has 1 N–H and O–H groups in total. The van der Waals surface area contributed by atoms with Crippen molar-refractivity contribution in [2.24, 2.45) is 9.98 Å². The molecular weight excluding hydrogens is 286 g/mol. The van der Waals surface area contributed by atoms with E-state index in [1.165, 1.54) is 13.4 Å². The number of hydrogen-bond donors (Lipinski definition) is 1. The Labute approximate surface area is 116 Å². The van der Waals surface area contributed by atoms with Gasteiger partial charge in [0.25, 0.3) is 5.56 Å². The zero-order valence-corrected chi connectivity index (χ0v) is 11.9. The van der Waals surface area contributed by atoms with Crippen molar-refractivity contribution < 1.29 is 9.53 Å². The number of thiazole rings is 1. The molecule has 0 aliphatic carbocycles. The quantitative estimate of drug-likeness (QED) is 0.759. The van der Waals surface area contributed by atoms with Crippen LogP contribution in [0.25, 0.3) is 11.8 Å². The van der Waals surface area contributed by atoms with E-state index in [0.29, 0.717) is 10.4 Å². The number of H-pyrrole nitrogens is 1. The molecule has 100 valence electrons. The number of aromatic nitrogens is 1. The first-order valence-electron chi connectivity index (χ1n) is 5.42. The topological polar surface area (TPSA) is 83.9 Å². The number of rotatable bonds is 2. The molecule has 0 unspecified atom stereocenters. The van der Waals surface area contributed by atoms with Gasteiger partial charge >= 0.3 is 5.97 Å². The Morgan fingerprint density at radius 2 is 2.42 bits per heavy atom. The first-order valence-corrected chi connectivity index (χ1v) is 7.22. The molecule has 0 saturated carbocycles. The van der Waals surface area contributed by atoms with Crippen LogP contribution in [0.2, 0.25) is 0 Å². The standard InChI is InChI=1S/C11H11N3O3S2/c1-3-18-10-8(12-5-13-10)11-14-9(16)6(19-11)4-7(15)17-2/h4-5H,3H2,1-2H3,(H,14,16)/b6-4+,11-8+. The summed E-state index contributed by atoms with van der Waals surface area (Å²) in [5.41, 5.74) is 0.305. The maximum Gasteiger partial charge on any atom is 0.332 e. The third kappa shape index (κ3) is 3.02. The van der Waals surface area contributed by atoms with Crippen LogP contribution in [-0.4, -0.2) is 35.2 Å². The Morgan fingerprint density at radius 3 is 3.11 bits per heavy atom. The zero-order chi connectivity index (χ0) is 13.8. The van der Waals surface area contributed by atoms with Crippen LogP contribution in [0.1, 0.15) is 6.92 Å². The second kappa shape index (κ2) is 5.98. The van der Waals surface area contributed by atoms with Crippen LogP contribution in [0.4, 0.5) is 0 Å². The van der Waals surface area contributed by atoms with Crippen molar-refractivity contribution in [3.63, 3.8) is 0 Å². The Morgan fingerprint density at radius 1 is 1.63 bits per heavy atom. The molecule has 8 heteroatoms. The number of aliphatic imine (C=N–C) groups is 2. The number of nitrogens with zero attached hydrogens (tertiary/aromatic N) is 2. The highest BCUT2D eigenvalue weighted by molar-refractivity contribution is 8.15. The summed E-state index contributed by atoms with van der Waals surface area (Å²) in [5, 5.41) is 0.768. The zero-order valence-electron chi connectivity index (χ0n) is 10.3. The maximum atomic E-state index is 11.7. The Hall–Kier alpha value is -1.67. The summed E-state index contributed by atoms with van der Waals surface area (Å²) in [7, 11) is 1.26. The van der Waals surface area contributed by atoms with Gasteiger partial charge in [-0.1, -0.05) is 6.92 Å². The van der Waals surface area contributed by atoms with Gasteiger partial charge in [-0.15, -0.1) is 23.1 Å². The molecule has 1 aliphatic heterocycles. The minimum absolute atomic E-state index is 0.289. The summed E-state index contributed by atoms with van der Waals surface area (Å²) in [6.07, 6.45) is 2.62. The summed E-state index contributed by atoms with van der Waals surface area (Å²) in [6.45, 7) is 2.01. The smallest absolute Gasteiger partial charge is 0.332 e. The normalized spacial score (nSPS) is 17.8. The lowest BCUT2D eigenvalue weighted by atomic mass is 10.5. The summed E-state index contributed by atoms with van der Waals surface area (Å²) in [6, 6.07) is 0. The van der Waals surface area contributed by atoms with Crippen LogP contribution in [0.15, 0.2) is 14.8 Å². The number of ether oxygens (including phenoxy) is 1. The first-order chi connectivity index (χ1) is 9.15. The van der Waals surface area contributed by atoms with Gasteiger partial charge in [0.2, 0.25) is 0 Å². The second-order valence-electron chi connectivity index (χ2n) is 3.38. The van der Waals surface area contributed by atoms with Crippen LogP contribution in [0.5, 0.6) is 0 Å². The Bertz CT molecular complexity index is 727. The van der Waals surface area contributed by atoms with Crippen LogP contribution in [0, 0.1) is 0 Å². The fraction of sp³-hybridized carbons (Fsp3) is 0.273. The second-order valence-corrected chi connectivity index (χ2v) is 5.68. The number of carbonyl (C=O) groups excluding carboxylic acids is 1. The van der Waals surface area contributed by atoms with E-state index in [9.17, 15) is 9.59 Å². The van der Waals surface area contributed by atoms with Gasteiger partial charge in [-0.3, -0.25) is 4.79 Å². The van der Waals surface area contributed by atoms with Crippen molar-refractivity contribution in [2.45, 2.75) is 6.92 Å². The first kappa shape index (κ1) is 13.8. The van der Waals surface area contributed by atoms with Crippen LogP contribution >= 0.6 is 23.1 Å². The highest BCUT2D eigenvalue weighted by Crippen LogP contribution is 2.16. The van der Waals surface area contributed by atoms with E-state index in [1.807, 2.05) is 6.92 Å². The van der Waals surface area contributed by atoms with Crippen molar-refractivity contribution in [1.29, 1.82) is 0 Å². The highest BCUT2D eigenvalue weighted by Gasteiger charge is 2.13. The van der Waals surface area contributed by atoms with Crippen LogP contribution < -0.4 is 14.8 Å². The number of thioether (sulfide) groups is 1. The maximum absolute atomic E-state index is 11.7. The molecule has 0 bridgehead atoms. The Balaban J connectivity index is 2.54. The van der Waals surface area contributed by atoms with Crippen molar-refractivity contribution in [3.8, 4) is 0 Å². The molecule has 1 aliphatic rings. The summed E-state index contributed by atoms with van der Waals surface area (Å²) >= 11 is 2.71. The van der Waals surface area contributed by atoms with Crippen molar-refractivity contribution in [2.75, 3.05) is 12.9 Å². The lowest BCUT2D eigenvalue weighted by molar-refractivity contribution is -0.133. The highest BCUT2D eigenvalue weighted by atomic mass is 32.2. The van der Waals surface area contributed by atoms with E-state index in [4.69, 9.17) is 0 Å². The van der Waals surface area contributed by atoms with Crippen molar-refractivity contribution in [1.82, 2.24) is 4.98 Å². The lowest BCUT2D eigenvalue weighted by Gasteiger charge is -1.95. The Kier molecular flexibility index (Phi) is 4.33. The average Bonchev–Trinajstić information content (AvgIpc) is 2.97. The summed E-state index contributed by atoms with van der Waals surface area (Å²) in [4.78, 5) is 33.8. The number of methoxy groups -OCH3 is 1. The van der Waals surface area contributed by atoms with Gasteiger partial charge in [0.1, 0.15) is 26.3 Å². The van der Waals surface area contributed by atoms with E-state index >= 15 is 0 Å². The van der Waals surface area contributed by atoms with Gasteiger partial charge in [-0.2, -0.15) is 0 Å². The average molecular weight is 297 g/mol. The molecule has 0 fully saturated rings. The molecule has 0 saturated heterocycles. The number of carbonyl (C=O) groups is 1. The molecular formula is C11H11N3O3S2.